The lowest BCUT2D eigenvalue weighted by Gasteiger charge is -2.05. The summed E-state index contributed by atoms with van der Waals surface area (Å²) in [6, 6.07) is 0.688. The third-order valence-corrected chi connectivity index (χ3v) is 2.26. The van der Waals surface area contributed by atoms with E-state index in [9.17, 15) is 13.2 Å². The van der Waals surface area contributed by atoms with E-state index in [-0.39, 0.29) is 16.7 Å². The van der Waals surface area contributed by atoms with Crippen molar-refractivity contribution >= 4 is 15.9 Å². The fraction of sp³-hybridized carbons (Fsp3) is 0.286. The molecule has 0 spiro atoms. The largest absolute Gasteiger partial charge is 0.325 e. The van der Waals surface area contributed by atoms with Crippen molar-refractivity contribution in [1.82, 2.24) is 4.98 Å². The van der Waals surface area contributed by atoms with Gasteiger partial charge in [-0.1, -0.05) is 0 Å². The van der Waals surface area contributed by atoms with E-state index in [4.69, 9.17) is 5.73 Å². The van der Waals surface area contributed by atoms with Crippen LogP contribution in [0.25, 0.3) is 0 Å². The predicted molar refractivity (Wildman–Crippen MR) is 44.7 cm³/mol. The third kappa shape index (κ3) is 2.19. The number of aromatic nitrogens is 1. The minimum Gasteiger partial charge on any atom is -0.325 e. The van der Waals surface area contributed by atoms with Crippen LogP contribution in [-0.2, 0) is 6.54 Å². The summed E-state index contributed by atoms with van der Waals surface area (Å²) >= 11 is 2.86. The lowest BCUT2D eigenvalue weighted by Crippen LogP contribution is -2.05. The molecular weight excluding hydrogens is 249 g/mol. The molecule has 0 saturated heterocycles. The summed E-state index contributed by atoms with van der Waals surface area (Å²) < 4.78 is 37.2. The maximum absolute atomic E-state index is 12.9. The molecule has 2 nitrogen and oxygen atoms in total. The molecule has 0 atom stereocenters. The summed E-state index contributed by atoms with van der Waals surface area (Å²) in [5.41, 5.74) is 4.68. The molecule has 2 N–H and O–H groups in total. The van der Waals surface area contributed by atoms with Crippen LogP contribution in [0.5, 0.6) is 0 Å². The number of hydrogen-bond donors (Lipinski definition) is 1. The molecule has 0 aromatic carbocycles. The zero-order valence-electron chi connectivity index (χ0n) is 6.40. The third-order valence-electron chi connectivity index (χ3n) is 1.42. The van der Waals surface area contributed by atoms with Crippen molar-refractivity contribution in [2.45, 2.75) is 13.0 Å². The average Bonchev–Trinajstić information content (AvgIpc) is 2.09. The van der Waals surface area contributed by atoms with Gasteiger partial charge in [0, 0.05) is 12.6 Å². The van der Waals surface area contributed by atoms with E-state index < -0.39 is 17.9 Å². The molecule has 1 rings (SSSR count). The summed E-state index contributed by atoms with van der Waals surface area (Å²) in [5.74, 6) is -0.772. The maximum atomic E-state index is 12.9. The van der Waals surface area contributed by atoms with Gasteiger partial charge >= 0.3 is 0 Å². The van der Waals surface area contributed by atoms with Gasteiger partial charge in [-0.3, -0.25) is 0 Å². The molecule has 13 heavy (non-hydrogen) atoms. The van der Waals surface area contributed by atoms with Crippen molar-refractivity contribution in [3.8, 4) is 0 Å². The highest BCUT2D eigenvalue weighted by Crippen LogP contribution is 2.24. The molecule has 0 amide bonds. The number of rotatable bonds is 2. The molecular formula is C7H6BrF3N2. The Morgan fingerprint density at radius 3 is 2.62 bits per heavy atom. The lowest BCUT2D eigenvalue weighted by atomic mass is 10.3. The fourth-order valence-corrected chi connectivity index (χ4v) is 1.18. The van der Waals surface area contributed by atoms with Crippen molar-refractivity contribution in [2.24, 2.45) is 5.73 Å². The molecule has 1 aromatic heterocycles. The molecule has 1 aromatic rings. The molecule has 0 fully saturated rings. The first-order chi connectivity index (χ1) is 6.06. The highest BCUT2D eigenvalue weighted by Gasteiger charge is 2.15. The number of halogens is 4. The zero-order valence-corrected chi connectivity index (χ0v) is 7.98. The second-order valence-electron chi connectivity index (χ2n) is 2.29. The van der Waals surface area contributed by atoms with E-state index in [2.05, 4.69) is 20.9 Å². The van der Waals surface area contributed by atoms with Gasteiger partial charge < -0.3 is 5.73 Å². The first-order valence-corrected chi connectivity index (χ1v) is 4.18. The normalized spacial score (nSPS) is 10.9. The number of nitrogens with two attached hydrogens (primary N) is 1. The van der Waals surface area contributed by atoms with E-state index in [1.54, 1.807) is 0 Å². The molecule has 1 heterocycles. The van der Waals surface area contributed by atoms with Crippen LogP contribution in [0, 0.1) is 5.82 Å². The standard InChI is InChI=1S/C7H6BrF3N2/c8-6-3(9)1-4(7(10)11)13-5(6)2-12/h1,7H,2,12H2. The van der Waals surface area contributed by atoms with Crippen molar-refractivity contribution in [2.75, 3.05) is 0 Å². The number of hydrogen-bond acceptors (Lipinski definition) is 2. The van der Waals surface area contributed by atoms with Gasteiger partial charge in [0.2, 0.25) is 0 Å². The Bertz CT molecular complexity index is 317. The van der Waals surface area contributed by atoms with Gasteiger partial charge in [-0.05, 0) is 15.9 Å². The van der Waals surface area contributed by atoms with E-state index in [1.807, 2.05) is 0 Å². The molecule has 72 valence electrons. The topological polar surface area (TPSA) is 38.9 Å². The number of pyridine rings is 1. The average molecular weight is 255 g/mol. The van der Waals surface area contributed by atoms with Gasteiger partial charge in [-0.2, -0.15) is 0 Å². The smallest absolute Gasteiger partial charge is 0.280 e. The second kappa shape index (κ2) is 4.06. The fourth-order valence-electron chi connectivity index (χ4n) is 0.815. The molecule has 0 aliphatic rings. The Kier molecular flexibility index (Phi) is 3.27. The molecule has 0 unspecified atom stereocenters. The number of alkyl halides is 2. The van der Waals surface area contributed by atoms with Crippen LogP contribution in [0.3, 0.4) is 0 Å². The van der Waals surface area contributed by atoms with Crippen LogP contribution in [0.15, 0.2) is 10.5 Å². The lowest BCUT2D eigenvalue weighted by molar-refractivity contribution is 0.145. The first-order valence-electron chi connectivity index (χ1n) is 3.39. The van der Waals surface area contributed by atoms with E-state index >= 15 is 0 Å². The summed E-state index contributed by atoms with van der Waals surface area (Å²) in [5, 5.41) is 0. The molecule has 0 aliphatic carbocycles. The van der Waals surface area contributed by atoms with Crippen LogP contribution in [-0.4, -0.2) is 4.98 Å². The second-order valence-corrected chi connectivity index (χ2v) is 3.09. The van der Waals surface area contributed by atoms with Gasteiger partial charge in [-0.25, -0.2) is 18.2 Å². The Labute approximate surface area is 81.1 Å². The summed E-state index contributed by atoms with van der Waals surface area (Å²) in [6.45, 7) is -0.0853. The molecule has 6 heteroatoms. The summed E-state index contributed by atoms with van der Waals surface area (Å²) in [6.07, 6.45) is -2.78. The Balaban J connectivity index is 3.22. The predicted octanol–water partition coefficient (Wildman–Crippen LogP) is 2.38. The SMILES string of the molecule is NCc1nc(C(F)F)cc(F)c1Br. The number of nitrogens with zero attached hydrogens (tertiary/aromatic N) is 1. The van der Waals surface area contributed by atoms with Crippen molar-refractivity contribution in [3.63, 3.8) is 0 Å². The monoisotopic (exact) mass is 254 g/mol. The quantitative estimate of drug-likeness (QED) is 0.881. The van der Waals surface area contributed by atoms with Crippen LogP contribution in [0.4, 0.5) is 13.2 Å². The first kappa shape index (κ1) is 10.5. The van der Waals surface area contributed by atoms with Crippen LogP contribution < -0.4 is 5.73 Å². The van der Waals surface area contributed by atoms with Gasteiger partial charge in [-0.15, -0.1) is 0 Å². The maximum Gasteiger partial charge on any atom is 0.280 e. The molecule has 0 aliphatic heterocycles. The molecule has 0 saturated carbocycles. The summed E-state index contributed by atoms with van der Waals surface area (Å²) in [7, 11) is 0. The van der Waals surface area contributed by atoms with Gasteiger partial charge in [0.05, 0.1) is 10.2 Å². The van der Waals surface area contributed by atoms with Gasteiger partial charge in [0.1, 0.15) is 11.5 Å². The van der Waals surface area contributed by atoms with Crippen molar-refractivity contribution in [1.29, 1.82) is 0 Å². The van der Waals surface area contributed by atoms with Crippen LogP contribution in [0.1, 0.15) is 17.8 Å². The van der Waals surface area contributed by atoms with Gasteiger partial charge in [0.15, 0.2) is 0 Å². The van der Waals surface area contributed by atoms with Crippen LogP contribution in [0.2, 0.25) is 0 Å². The van der Waals surface area contributed by atoms with Crippen molar-refractivity contribution < 1.29 is 13.2 Å². The highest BCUT2D eigenvalue weighted by molar-refractivity contribution is 9.10. The van der Waals surface area contributed by atoms with E-state index in [0.29, 0.717) is 6.07 Å². The minimum absolute atomic E-state index is 0.0411. The summed E-state index contributed by atoms with van der Waals surface area (Å²) in [4.78, 5) is 3.49. The Morgan fingerprint density at radius 1 is 1.54 bits per heavy atom. The molecule has 0 bridgehead atoms. The van der Waals surface area contributed by atoms with E-state index in [0.717, 1.165) is 0 Å². The Hall–Kier alpha value is -0.620. The highest BCUT2D eigenvalue weighted by atomic mass is 79.9. The van der Waals surface area contributed by atoms with Gasteiger partial charge in [0.25, 0.3) is 6.43 Å². The zero-order chi connectivity index (χ0) is 10.0. The van der Waals surface area contributed by atoms with Crippen molar-refractivity contribution in [3.05, 3.63) is 27.7 Å². The Morgan fingerprint density at radius 2 is 2.15 bits per heavy atom. The van der Waals surface area contributed by atoms with E-state index in [1.165, 1.54) is 0 Å². The molecule has 0 radical (unpaired) electrons. The van der Waals surface area contributed by atoms with Crippen LogP contribution >= 0.6 is 15.9 Å². The minimum atomic E-state index is -2.78.